The van der Waals surface area contributed by atoms with Gasteiger partial charge in [-0.25, -0.2) is 0 Å². The first-order valence-electron chi connectivity index (χ1n) is 7.67. The monoisotopic (exact) mass is 276 g/mol. The zero-order valence-electron chi connectivity index (χ0n) is 12.7. The molecule has 1 aliphatic carbocycles. The fourth-order valence-electron chi connectivity index (χ4n) is 3.87. The number of benzene rings is 1. The van der Waals surface area contributed by atoms with Crippen LogP contribution in [0.5, 0.6) is 0 Å². The van der Waals surface area contributed by atoms with Crippen molar-refractivity contribution < 1.29 is 0 Å². The lowest BCUT2D eigenvalue weighted by Gasteiger charge is -2.42. The molecule has 1 aromatic carbocycles. The van der Waals surface area contributed by atoms with Gasteiger partial charge in [0, 0.05) is 0 Å². The van der Waals surface area contributed by atoms with Crippen molar-refractivity contribution in [2.45, 2.75) is 57.8 Å². The highest BCUT2D eigenvalue weighted by Crippen LogP contribution is 2.56. The smallest absolute Gasteiger partial charge is 0.00215 e. The first kappa shape index (κ1) is 15.0. The van der Waals surface area contributed by atoms with Crippen molar-refractivity contribution in [2.75, 3.05) is 12.0 Å². The lowest BCUT2D eigenvalue weighted by Crippen LogP contribution is -2.36. The molecule has 1 aliphatic rings. The largest absolute Gasteiger partial charge is 0.165 e. The molecule has 0 amide bonds. The van der Waals surface area contributed by atoms with Crippen LogP contribution in [0.3, 0.4) is 0 Å². The van der Waals surface area contributed by atoms with Crippen LogP contribution in [0.15, 0.2) is 30.3 Å². The Balaban J connectivity index is 2.10. The van der Waals surface area contributed by atoms with E-state index in [4.69, 9.17) is 0 Å². The molecule has 2 atom stereocenters. The lowest BCUT2D eigenvalue weighted by molar-refractivity contribution is 0.174. The molecule has 0 saturated heterocycles. The number of unbranched alkanes of at least 4 members (excludes halogenated alkanes) is 1. The molecule has 1 fully saturated rings. The Labute approximate surface area is 123 Å². The van der Waals surface area contributed by atoms with Crippen LogP contribution in [0.1, 0.15) is 57.9 Å². The molecule has 0 spiro atoms. The summed E-state index contributed by atoms with van der Waals surface area (Å²) < 4.78 is 0. The highest BCUT2D eigenvalue weighted by molar-refractivity contribution is 7.98. The first-order chi connectivity index (χ1) is 9.12. The molecule has 1 saturated carbocycles. The van der Waals surface area contributed by atoms with Gasteiger partial charge >= 0.3 is 0 Å². The Hall–Kier alpha value is -0.430. The van der Waals surface area contributed by atoms with Crippen molar-refractivity contribution in [3.8, 4) is 0 Å². The van der Waals surface area contributed by atoms with Gasteiger partial charge in [0.2, 0.25) is 0 Å². The minimum absolute atomic E-state index is 0.383. The molecule has 0 N–H and O–H groups in total. The maximum absolute atomic E-state index is 2.53. The molecule has 0 unspecified atom stereocenters. The van der Waals surface area contributed by atoms with E-state index in [0.717, 1.165) is 0 Å². The molecule has 106 valence electrons. The average Bonchev–Trinajstić information content (AvgIpc) is 2.73. The van der Waals surface area contributed by atoms with Crippen LogP contribution in [0, 0.1) is 5.41 Å². The Morgan fingerprint density at radius 3 is 2.47 bits per heavy atom. The van der Waals surface area contributed by atoms with Gasteiger partial charge in [-0.3, -0.25) is 0 Å². The zero-order valence-corrected chi connectivity index (χ0v) is 13.6. The zero-order chi connectivity index (χ0) is 13.8. The van der Waals surface area contributed by atoms with E-state index in [1.54, 1.807) is 5.56 Å². The number of hydrogen-bond donors (Lipinski definition) is 0. The molecule has 0 nitrogen and oxygen atoms in total. The molecule has 0 aliphatic heterocycles. The van der Waals surface area contributed by atoms with Gasteiger partial charge in [-0.15, -0.1) is 0 Å². The van der Waals surface area contributed by atoms with Crippen LogP contribution in [0.2, 0.25) is 0 Å². The highest BCUT2D eigenvalue weighted by atomic mass is 32.2. The van der Waals surface area contributed by atoms with E-state index >= 15 is 0 Å². The van der Waals surface area contributed by atoms with Crippen LogP contribution < -0.4 is 0 Å². The number of hydrogen-bond acceptors (Lipinski definition) is 1. The van der Waals surface area contributed by atoms with Crippen molar-refractivity contribution in [1.82, 2.24) is 0 Å². The van der Waals surface area contributed by atoms with E-state index in [-0.39, 0.29) is 0 Å². The molecular formula is C18H28S. The summed E-state index contributed by atoms with van der Waals surface area (Å²) in [6.45, 7) is 5.04. The molecule has 0 aromatic heterocycles. The van der Waals surface area contributed by atoms with Gasteiger partial charge in [0.15, 0.2) is 0 Å². The van der Waals surface area contributed by atoms with Crippen molar-refractivity contribution in [3.05, 3.63) is 35.9 Å². The second kappa shape index (κ2) is 6.35. The van der Waals surface area contributed by atoms with Crippen LogP contribution in [-0.4, -0.2) is 12.0 Å². The maximum atomic E-state index is 2.53. The fourth-order valence-corrected chi connectivity index (χ4v) is 4.36. The summed E-state index contributed by atoms with van der Waals surface area (Å²) >= 11 is 1.98. The summed E-state index contributed by atoms with van der Waals surface area (Å²) in [5.41, 5.74) is 2.43. The quantitative estimate of drug-likeness (QED) is 0.603. The van der Waals surface area contributed by atoms with Gasteiger partial charge in [0.25, 0.3) is 0 Å². The summed E-state index contributed by atoms with van der Waals surface area (Å²) in [5, 5.41) is 0. The second-order valence-corrected chi connectivity index (χ2v) is 7.55. The normalized spacial score (nSPS) is 30.7. The van der Waals surface area contributed by atoms with Crippen LogP contribution in [-0.2, 0) is 5.41 Å². The maximum Gasteiger partial charge on any atom is -0.00215 e. The average molecular weight is 276 g/mol. The van der Waals surface area contributed by atoms with Gasteiger partial charge in [0.05, 0.1) is 0 Å². The molecule has 1 aromatic rings. The molecule has 0 heterocycles. The summed E-state index contributed by atoms with van der Waals surface area (Å²) in [6.07, 6.45) is 10.5. The highest BCUT2D eigenvalue weighted by Gasteiger charge is 2.48. The fraction of sp³-hybridized carbons (Fsp3) is 0.667. The minimum Gasteiger partial charge on any atom is -0.165 e. The van der Waals surface area contributed by atoms with Gasteiger partial charge in [-0.1, -0.05) is 57.0 Å². The Morgan fingerprint density at radius 1 is 1.05 bits per heavy atom. The van der Waals surface area contributed by atoms with Crippen molar-refractivity contribution >= 4 is 11.8 Å². The third kappa shape index (κ3) is 3.02. The third-order valence-corrected chi connectivity index (χ3v) is 6.17. The van der Waals surface area contributed by atoms with E-state index in [0.29, 0.717) is 10.8 Å². The lowest BCUT2D eigenvalue weighted by atomic mass is 9.62. The SMILES string of the molecule is CSCCCC[C@]1(C)CCC[C@]1(C)c1ccccc1. The Kier molecular flexibility index (Phi) is 5.00. The minimum atomic E-state index is 0.383. The van der Waals surface area contributed by atoms with Crippen LogP contribution in [0.4, 0.5) is 0 Å². The van der Waals surface area contributed by atoms with Crippen molar-refractivity contribution in [3.63, 3.8) is 0 Å². The summed E-state index contributed by atoms with van der Waals surface area (Å²) in [5.74, 6) is 1.32. The summed E-state index contributed by atoms with van der Waals surface area (Å²) in [6, 6.07) is 11.2. The van der Waals surface area contributed by atoms with E-state index in [1.807, 2.05) is 11.8 Å². The Morgan fingerprint density at radius 2 is 1.79 bits per heavy atom. The van der Waals surface area contributed by atoms with Crippen molar-refractivity contribution in [1.29, 1.82) is 0 Å². The standard InChI is InChI=1S/C18H28S/c1-17(12-7-8-15-19-3)13-9-14-18(17,2)16-10-5-4-6-11-16/h4-6,10-11H,7-9,12-15H2,1-3H3/t17-,18-/m1/s1. The van der Waals surface area contributed by atoms with Gasteiger partial charge in [-0.05, 0) is 54.1 Å². The van der Waals surface area contributed by atoms with Crippen LogP contribution >= 0.6 is 11.8 Å². The first-order valence-corrected chi connectivity index (χ1v) is 9.06. The van der Waals surface area contributed by atoms with E-state index in [9.17, 15) is 0 Å². The predicted octanol–water partition coefficient (Wildman–Crippen LogP) is 5.67. The third-order valence-electron chi connectivity index (χ3n) is 5.48. The van der Waals surface area contributed by atoms with Gasteiger partial charge in [0.1, 0.15) is 0 Å². The number of thioether (sulfide) groups is 1. The van der Waals surface area contributed by atoms with Gasteiger partial charge in [-0.2, -0.15) is 11.8 Å². The van der Waals surface area contributed by atoms with Crippen molar-refractivity contribution in [2.24, 2.45) is 5.41 Å². The molecule has 1 heteroatoms. The second-order valence-electron chi connectivity index (χ2n) is 6.56. The number of rotatable bonds is 6. The molecular weight excluding hydrogens is 248 g/mol. The molecule has 2 rings (SSSR count). The van der Waals surface area contributed by atoms with E-state index < -0.39 is 0 Å². The predicted molar refractivity (Wildman–Crippen MR) is 88.0 cm³/mol. The van der Waals surface area contributed by atoms with Gasteiger partial charge < -0.3 is 0 Å². The van der Waals surface area contributed by atoms with Crippen LogP contribution in [0.25, 0.3) is 0 Å². The molecule has 0 bridgehead atoms. The topological polar surface area (TPSA) is 0 Å². The summed E-state index contributed by atoms with van der Waals surface area (Å²) in [7, 11) is 0. The molecule has 19 heavy (non-hydrogen) atoms. The molecule has 0 radical (unpaired) electrons. The van der Waals surface area contributed by atoms with E-state index in [1.165, 1.54) is 44.3 Å². The summed E-state index contributed by atoms with van der Waals surface area (Å²) in [4.78, 5) is 0. The Bertz CT molecular complexity index is 386. The van der Waals surface area contributed by atoms with E-state index in [2.05, 4.69) is 50.4 Å².